The molecule has 2 aliphatic heterocycles. The molecule has 17 heteroatoms. The molecular weight excluding hydrogens is 794 g/mol. The molecule has 2 aromatic heterocycles. The minimum absolute atomic E-state index is 0.0151. The van der Waals surface area contributed by atoms with Gasteiger partial charge in [-0.1, -0.05) is 52.0 Å². The minimum atomic E-state index is -5.01. The van der Waals surface area contributed by atoms with Crippen LogP contribution in [0.15, 0.2) is 67.0 Å². The fourth-order valence-corrected chi connectivity index (χ4v) is 8.22. The van der Waals surface area contributed by atoms with Crippen molar-refractivity contribution in [1.82, 2.24) is 30.1 Å². The van der Waals surface area contributed by atoms with Gasteiger partial charge in [0, 0.05) is 61.7 Å². The summed E-state index contributed by atoms with van der Waals surface area (Å²) >= 11 is 0. The first-order valence-electron chi connectivity index (χ1n) is 20.5. The van der Waals surface area contributed by atoms with Gasteiger partial charge in [0.15, 0.2) is 0 Å². The number of hydrogen-bond acceptors (Lipinski definition) is 9. The molecule has 2 saturated heterocycles. The van der Waals surface area contributed by atoms with Gasteiger partial charge in [-0.2, -0.15) is 0 Å². The van der Waals surface area contributed by atoms with Crippen molar-refractivity contribution >= 4 is 35.3 Å². The molecule has 1 saturated carbocycles. The summed E-state index contributed by atoms with van der Waals surface area (Å²) in [6.45, 7) is 12.2. The number of pyridine rings is 1. The molecule has 7 rings (SSSR count). The lowest BCUT2D eigenvalue weighted by Gasteiger charge is -2.40. The minimum Gasteiger partial charge on any atom is -0.453 e. The van der Waals surface area contributed by atoms with Crippen LogP contribution in [-0.2, 0) is 14.3 Å². The molecule has 3 fully saturated rings. The monoisotopic (exact) mass is 844 g/mol. The van der Waals surface area contributed by atoms with E-state index in [1.165, 1.54) is 25.4 Å². The van der Waals surface area contributed by atoms with Gasteiger partial charge < -0.3 is 39.8 Å². The molecule has 2 aromatic carbocycles. The van der Waals surface area contributed by atoms with Crippen molar-refractivity contribution in [2.45, 2.75) is 78.4 Å². The van der Waals surface area contributed by atoms with Gasteiger partial charge in [0.05, 0.1) is 30.6 Å². The third kappa shape index (κ3) is 9.60. The lowest BCUT2D eigenvalue weighted by Crippen LogP contribution is -2.54. The Morgan fingerprint density at radius 2 is 1.67 bits per heavy atom. The number of rotatable bonds is 11. The van der Waals surface area contributed by atoms with Crippen molar-refractivity contribution in [3.63, 3.8) is 0 Å². The van der Waals surface area contributed by atoms with Crippen molar-refractivity contribution < 1.29 is 41.8 Å². The van der Waals surface area contributed by atoms with Crippen LogP contribution < -0.4 is 20.3 Å². The first-order chi connectivity index (χ1) is 28.9. The van der Waals surface area contributed by atoms with Crippen molar-refractivity contribution in [3.8, 4) is 28.1 Å². The molecule has 4 heterocycles. The normalized spacial score (nSPS) is 20.3. The number of amides is 4. The zero-order chi connectivity index (χ0) is 43.8. The number of methoxy groups -OCH3 is 1. The Bertz CT molecular complexity index is 2260. The number of likely N-dealkylation sites (tertiary alicyclic amines) is 1. The highest BCUT2D eigenvalue weighted by atomic mass is 19.4. The number of carbonyl (C=O) groups is 4. The Kier molecular flexibility index (Phi) is 12.0. The maximum atomic E-state index is 13.7. The summed E-state index contributed by atoms with van der Waals surface area (Å²) in [6.07, 6.45) is -0.310. The highest BCUT2D eigenvalue weighted by molar-refractivity contribution is 6.04. The average molecular weight is 845 g/mol. The number of aromatic nitrogens is 3. The van der Waals surface area contributed by atoms with Gasteiger partial charge in [0.25, 0.3) is 5.91 Å². The van der Waals surface area contributed by atoms with Gasteiger partial charge in [0.2, 0.25) is 11.8 Å². The number of alkyl halides is 3. The van der Waals surface area contributed by atoms with Crippen LogP contribution in [0.2, 0.25) is 0 Å². The molecule has 3 aliphatic rings. The number of nitrogens with one attached hydrogen (secondary N) is 3. The fourth-order valence-electron chi connectivity index (χ4n) is 8.22. The number of hydrogen-bond donors (Lipinski definition) is 3. The summed E-state index contributed by atoms with van der Waals surface area (Å²) in [7, 11) is 1.24. The lowest BCUT2D eigenvalue weighted by molar-refractivity contribution is -0.274. The van der Waals surface area contributed by atoms with Gasteiger partial charge in [-0.25, -0.2) is 14.8 Å². The smallest absolute Gasteiger partial charge is 0.453 e. The molecular formula is C44H51F3N8O6. The fraction of sp³-hybridized carbons (Fsp3) is 0.455. The number of ether oxygens (including phenoxy) is 2. The summed E-state index contributed by atoms with van der Waals surface area (Å²) in [5.41, 5.74) is 2.29. The standard InChI is InChI=1S/C44H51F3N8O6/c1-25(2)37(52-42(59)60-6)41(58)55-17-7-8-34(55)38-49-23-33(51-38)28-11-9-27(10-12-28)31-15-14-30(20-35(31)61-44(45,46)47)50-39(56)29-13-16-36(48-22-29)54-19-18-53(24-26(54)3)40(57)32-21-43(32,4)5/h9-16,20,22-23,25-26,32,34,37H,7-8,17-19,21,24H2,1-6H3,(H,49,51)(H,50,56)(H,52,59). The van der Waals surface area contributed by atoms with E-state index in [-0.39, 0.29) is 58.0 Å². The molecule has 4 unspecified atom stereocenters. The van der Waals surface area contributed by atoms with Crippen LogP contribution in [0.4, 0.5) is 29.5 Å². The number of anilines is 2. The number of H-pyrrole nitrogens is 1. The SMILES string of the molecule is COC(=O)NC(C(=O)N1CCCC1c1ncc(-c2ccc(-c3ccc(NC(=O)c4ccc(N5CCN(C(=O)C6CC6(C)C)CC5C)nc4)cc3OC(F)(F)F)cc2)[nH]1)C(C)C. The third-order valence-corrected chi connectivity index (χ3v) is 11.9. The van der Waals surface area contributed by atoms with Crippen LogP contribution in [0.5, 0.6) is 5.75 Å². The summed E-state index contributed by atoms with van der Waals surface area (Å²) in [6, 6.07) is 13.1. The number of alkyl carbamates (subject to hydrolysis) is 1. The van der Waals surface area contributed by atoms with Crippen LogP contribution in [0.1, 0.15) is 76.1 Å². The highest BCUT2D eigenvalue weighted by Gasteiger charge is 2.52. The quantitative estimate of drug-likeness (QED) is 0.140. The molecule has 61 heavy (non-hydrogen) atoms. The molecule has 0 spiro atoms. The Hall–Kier alpha value is -6.13. The molecule has 4 aromatic rings. The molecule has 3 N–H and O–H groups in total. The van der Waals surface area contributed by atoms with Crippen LogP contribution in [0.25, 0.3) is 22.4 Å². The van der Waals surface area contributed by atoms with E-state index in [0.717, 1.165) is 18.9 Å². The maximum Gasteiger partial charge on any atom is 0.573 e. The van der Waals surface area contributed by atoms with Crippen molar-refractivity contribution in [2.24, 2.45) is 17.3 Å². The van der Waals surface area contributed by atoms with E-state index in [9.17, 15) is 32.3 Å². The number of aromatic amines is 1. The largest absolute Gasteiger partial charge is 0.573 e. The Morgan fingerprint density at radius 1 is 0.951 bits per heavy atom. The molecule has 1 aliphatic carbocycles. The van der Waals surface area contributed by atoms with Crippen molar-refractivity contribution in [2.75, 3.05) is 43.5 Å². The number of halogens is 3. The molecule has 4 atom stereocenters. The number of nitrogens with zero attached hydrogens (tertiary/aromatic N) is 5. The Morgan fingerprint density at radius 3 is 2.30 bits per heavy atom. The van der Waals surface area contributed by atoms with Gasteiger partial charge in [-0.15, -0.1) is 13.2 Å². The van der Waals surface area contributed by atoms with Gasteiger partial charge >= 0.3 is 12.5 Å². The Balaban J connectivity index is 1.01. The number of carbonyl (C=O) groups excluding carboxylic acids is 4. The van der Waals surface area contributed by atoms with Crippen LogP contribution >= 0.6 is 0 Å². The second-order valence-corrected chi connectivity index (χ2v) is 17.0. The molecule has 4 amide bonds. The van der Waals surface area contributed by atoms with Crippen LogP contribution in [-0.4, -0.2) is 100 Å². The summed E-state index contributed by atoms with van der Waals surface area (Å²) in [4.78, 5) is 69.8. The van der Waals surface area contributed by atoms with E-state index >= 15 is 0 Å². The van der Waals surface area contributed by atoms with Crippen LogP contribution in [0, 0.1) is 17.3 Å². The Labute approximate surface area is 352 Å². The molecule has 14 nitrogen and oxygen atoms in total. The number of benzene rings is 2. The molecule has 324 valence electrons. The molecule has 0 bridgehead atoms. The van der Waals surface area contributed by atoms with Gasteiger partial charge in [-0.3, -0.25) is 14.4 Å². The lowest BCUT2D eigenvalue weighted by atomic mass is 10.0. The van der Waals surface area contributed by atoms with E-state index in [0.29, 0.717) is 61.1 Å². The molecule has 0 radical (unpaired) electrons. The van der Waals surface area contributed by atoms with E-state index in [1.807, 2.05) is 25.7 Å². The zero-order valence-electron chi connectivity index (χ0n) is 35.0. The number of piperazine rings is 1. The van der Waals surface area contributed by atoms with Gasteiger partial charge in [-0.05, 0) is 72.9 Å². The summed E-state index contributed by atoms with van der Waals surface area (Å²) in [5.74, 6) is 0.0251. The average Bonchev–Trinajstić information content (AvgIpc) is 3.56. The predicted molar refractivity (Wildman–Crippen MR) is 221 cm³/mol. The second kappa shape index (κ2) is 17.1. The predicted octanol–water partition coefficient (Wildman–Crippen LogP) is 7.42. The van der Waals surface area contributed by atoms with Crippen molar-refractivity contribution in [3.05, 3.63) is 78.4 Å². The summed E-state index contributed by atoms with van der Waals surface area (Å²) in [5, 5.41) is 5.29. The van der Waals surface area contributed by atoms with Crippen molar-refractivity contribution in [1.29, 1.82) is 0 Å². The van der Waals surface area contributed by atoms with Crippen LogP contribution in [0.3, 0.4) is 0 Å². The topological polar surface area (TPSA) is 162 Å². The maximum absolute atomic E-state index is 13.7. The van der Waals surface area contributed by atoms with E-state index in [2.05, 4.69) is 49.1 Å². The van der Waals surface area contributed by atoms with Gasteiger partial charge in [0.1, 0.15) is 23.4 Å². The van der Waals surface area contributed by atoms with E-state index in [4.69, 9.17) is 4.74 Å². The van der Waals surface area contributed by atoms with E-state index in [1.54, 1.807) is 47.5 Å². The number of imidazole rings is 1. The third-order valence-electron chi connectivity index (χ3n) is 11.9. The first-order valence-corrected chi connectivity index (χ1v) is 20.5. The summed E-state index contributed by atoms with van der Waals surface area (Å²) < 4.78 is 50.2. The first kappa shape index (κ1) is 43.0. The highest BCUT2D eigenvalue weighted by Crippen LogP contribution is 2.52. The second-order valence-electron chi connectivity index (χ2n) is 17.0. The zero-order valence-corrected chi connectivity index (χ0v) is 35.0. The van der Waals surface area contributed by atoms with E-state index < -0.39 is 30.2 Å².